The average Bonchev–Trinajstić information content (AvgIpc) is 2.26. The molecule has 0 radical (unpaired) electrons. The molecule has 0 saturated carbocycles. The first-order valence-electron chi connectivity index (χ1n) is 4.33. The van der Waals surface area contributed by atoms with Crippen LogP contribution in [0.25, 0.3) is 11.2 Å². The molecule has 0 fully saturated rings. The first kappa shape index (κ1) is 10.0. The van der Waals surface area contributed by atoms with E-state index in [1.165, 1.54) is 6.20 Å². The summed E-state index contributed by atoms with van der Waals surface area (Å²) in [6, 6.07) is 0. The normalized spacial score (nSPS) is 10.2. The third-order valence-electron chi connectivity index (χ3n) is 1.80. The van der Waals surface area contributed by atoms with E-state index in [2.05, 4.69) is 31.8 Å². The Labute approximate surface area is 90.4 Å². The van der Waals surface area contributed by atoms with Gasteiger partial charge in [0.05, 0.1) is 11.9 Å². The highest BCUT2D eigenvalue weighted by Crippen LogP contribution is 2.14. The molecule has 2 heterocycles. The molecule has 2 aromatic rings. The van der Waals surface area contributed by atoms with Crippen LogP contribution in [0, 0.1) is 0 Å². The lowest BCUT2D eigenvalue weighted by atomic mass is 10.4. The molecule has 0 bridgehead atoms. The van der Waals surface area contributed by atoms with Gasteiger partial charge in [-0.05, 0) is 0 Å². The maximum atomic E-state index is 5.64. The summed E-state index contributed by atoms with van der Waals surface area (Å²) in [6.07, 6.45) is 1.50. The monoisotopic (exact) mass is 219 g/mol. The van der Waals surface area contributed by atoms with Crippen molar-refractivity contribution in [2.75, 3.05) is 11.5 Å². The van der Waals surface area contributed by atoms with Gasteiger partial charge < -0.3 is 16.3 Å². The molecule has 2 aromatic heterocycles. The van der Waals surface area contributed by atoms with Crippen molar-refractivity contribution in [3.05, 3.63) is 11.9 Å². The summed E-state index contributed by atoms with van der Waals surface area (Å²) in [6.45, 7) is 3.34. The first-order chi connectivity index (χ1) is 7.70. The fraction of sp³-hybridized carbons (Fsp3) is 0.125. The number of hydrogen-bond acceptors (Lipinski definition) is 8. The summed E-state index contributed by atoms with van der Waals surface area (Å²) in [5.41, 5.74) is 12.4. The number of nitrogen functional groups attached to an aromatic ring is 2. The summed E-state index contributed by atoms with van der Waals surface area (Å²) in [5.74, 6) is 0.250. The van der Waals surface area contributed by atoms with E-state index in [-0.39, 0.29) is 18.4 Å². The molecular formula is C8H9N7O. The number of rotatable bonds is 3. The molecule has 0 aliphatic rings. The number of oxime groups is 1. The van der Waals surface area contributed by atoms with Crippen molar-refractivity contribution >= 4 is 29.6 Å². The zero-order chi connectivity index (χ0) is 11.5. The molecule has 8 heteroatoms. The van der Waals surface area contributed by atoms with Crippen LogP contribution in [0.2, 0.25) is 0 Å². The van der Waals surface area contributed by atoms with Crippen LogP contribution in [0.5, 0.6) is 0 Å². The SMILES string of the molecule is C=NOCc1cnc2nc(N)nc(N)c2n1. The second-order valence-electron chi connectivity index (χ2n) is 2.90. The van der Waals surface area contributed by atoms with Crippen molar-refractivity contribution < 1.29 is 4.84 Å². The van der Waals surface area contributed by atoms with Gasteiger partial charge in [-0.25, -0.2) is 9.97 Å². The standard InChI is InChI=1S/C8H9N7O/c1-11-16-3-4-2-12-7-5(13-4)6(9)14-8(10)15-7/h2H,1,3H2,(H4,9,10,12,14,15). The molecule has 0 atom stereocenters. The molecule has 8 nitrogen and oxygen atoms in total. The van der Waals surface area contributed by atoms with E-state index >= 15 is 0 Å². The number of nitrogens with two attached hydrogens (primary N) is 2. The van der Waals surface area contributed by atoms with Crippen LogP contribution in [0.15, 0.2) is 11.4 Å². The van der Waals surface area contributed by atoms with Gasteiger partial charge >= 0.3 is 0 Å². The van der Waals surface area contributed by atoms with Crippen molar-refractivity contribution in [2.24, 2.45) is 5.16 Å². The van der Waals surface area contributed by atoms with E-state index in [1.807, 2.05) is 0 Å². The smallest absolute Gasteiger partial charge is 0.224 e. The lowest BCUT2D eigenvalue weighted by molar-refractivity contribution is 0.130. The minimum atomic E-state index is 0.0658. The van der Waals surface area contributed by atoms with Gasteiger partial charge in [0.2, 0.25) is 5.95 Å². The van der Waals surface area contributed by atoms with Crippen LogP contribution in [0.4, 0.5) is 11.8 Å². The van der Waals surface area contributed by atoms with Crippen LogP contribution < -0.4 is 11.5 Å². The molecule has 0 saturated heterocycles. The van der Waals surface area contributed by atoms with E-state index in [1.54, 1.807) is 0 Å². The van der Waals surface area contributed by atoms with Crippen molar-refractivity contribution in [3.63, 3.8) is 0 Å². The van der Waals surface area contributed by atoms with Gasteiger partial charge in [-0.15, -0.1) is 5.16 Å². The predicted octanol–water partition coefficient (Wildman–Crippen LogP) is -0.284. The van der Waals surface area contributed by atoms with Crippen LogP contribution in [0.3, 0.4) is 0 Å². The highest BCUT2D eigenvalue weighted by atomic mass is 16.6. The van der Waals surface area contributed by atoms with Crippen molar-refractivity contribution in [2.45, 2.75) is 6.61 Å². The first-order valence-corrected chi connectivity index (χ1v) is 4.33. The Morgan fingerprint density at radius 1 is 1.31 bits per heavy atom. The van der Waals surface area contributed by atoms with Crippen LogP contribution in [-0.2, 0) is 11.4 Å². The second-order valence-corrected chi connectivity index (χ2v) is 2.90. The fourth-order valence-electron chi connectivity index (χ4n) is 1.16. The van der Waals surface area contributed by atoms with Gasteiger partial charge in [0.25, 0.3) is 0 Å². The molecule has 0 aromatic carbocycles. The molecule has 0 aliphatic carbocycles. The molecule has 2 rings (SSSR count). The Kier molecular flexibility index (Phi) is 2.46. The van der Waals surface area contributed by atoms with Gasteiger partial charge in [0.15, 0.2) is 23.6 Å². The molecule has 82 valence electrons. The number of fused-ring (bicyclic) bond motifs is 1. The minimum Gasteiger partial charge on any atom is -0.390 e. The van der Waals surface area contributed by atoms with E-state index in [4.69, 9.17) is 16.3 Å². The number of anilines is 2. The molecule has 16 heavy (non-hydrogen) atoms. The predicted molar refractivity (Wildman–Crippen MR) is 58.3 cm³/mol. The number of nitrogens with zero attached hydrogens (tertiary/aromatic N) is 5. The highest BCUT2D eigenvalue weighted by molar-refractivity contribution is 5.81. The quantitative estimate of drug-likeness (QED) is 0.536. The minimum absolute atomic E-state index is 0.0658. The Morgan fingerprint density at radius 2 is 2.12 bits per heavy atom. The number of hydrogen-bond donors (Lipinski definition) is 2. The van der Waals surface area contributed by atoms with Gasteiger partial charge in [0, 0.05) is 6.72 Å². The van der Waals surface area contributed by atoms with Gasteiger partial charge in [-0.1, -0.05) is 0 Å². The molecule has 0 amide bonds. The van der Waals surface area contributed by atoms with Crippen molar-refractivity contribution in [3.8, 4) is 0 Å². The van der Waals surface area contributed by atoms with E-state index in [9.17, 15) is 0 Å². The lowest BCUT2D eigenvalue weighted by Gasteiger charge is -2.03. The van der Waals surface area contributed by atoms with Crippen LogP contribution >= 0.6 is 0 Å². The van der Waals surface area contributed by atoms with Crippen LogP contribution in [-0.4, -0.2) is 26.7 Å². The largest absolute Gasteiger partial charge is 0.390 e. The molecule has 0 spiro atoms. The summed E-state index contributed by atoms with van der Waals surface area (Å²) in [5, 5.41) is 3.25. The summed E-state index contributed by atoms with van der Waals surface area (Å²) >= 11 is 0. The summed E-state index contributed by atoms with van der Waals surface area (Å²) < 4.78 is 0. The Balaban J connectivity index is 2.48. The Bertz CT molecular complexity index is 541. The third-order valence-corrected chi connectivity index (χ3v) is 1.80. The summed E-state index contributed by atoms with van der Waals surface area (Å²) in [4.78, 5) is 20.6. The second kappa shape index (κ2) is 3.93. The van der Waals surface area contributed by atoms with Gasteiger partial charge in [-0.2, -0.15) is 9.97 Å². The molecular weight excluding hydrogens is 210 g/mol. The van der Waals surface area contributed by atoms with E-state index in [0.29, 0.717) is 16.9 Å². The fourth-order valence-corrected chi connectivity index (χ4v) is 1.16. The maximum absolute atomic E-state index is 5.64. The summed E-state index contributed by atoms with van der Waals surface area (Å²) in [7, 11) is 0. The average molecular weight is 219 g/mol. The molecule has 4 N–H and O–H groups in total. The lowest BCUT2D eigenvalue weighted by Crippen LogP contribution is -2.04. The van der Waals surface area contributed by atoms with Crippen LogP contribution in [0.1, 0.15) is 5.69 Å². The molecule has 0 unspecified atom stereocenters. The van der Waals surface area contributed by atoms with Crippen molar-refractivity contribution in [1.29, 1.82) is 0 Å². The van der Waals surface area contributed by atoms with Gasteiger partial charge in [-0.3, -0.25) is 0 Å². The highest BCUT2D eigenvalue weighted by Gasteiger charge is 2.07. The number of aromatic nitrogens is 4. The van der Waals surface area contributed by atoms with E-state index in [0.717, 1.165) is 0 Å². The van der Waals surface area contributed by atoms with Crippen molar-refractivity contribution in [1.82, 2.24) is 19.9 Å². The molecule has 0 aliphatic heterocycles. The zero-order valence-corrected chi connectivity index (χ0v) is 8.29. The maximum Gasteiger partial charge on any atom is 0.224 e. The van der Waals surface area contributed by atoms with Gasteiger partial charge in [0.1, 0.15) is 0 Å². The Morgan fingerprint density at radius 3 is 2.88 bits per heavy atom. The Hall–Kier alpha value is -2.51. The zero-order valence-electron chi connectivity index (χ0n) is 8.29. The third kappa shape index (κ3) is 1.80. The topological polar surface area (TPSA) is 125 Å². The van der Waals surface area contributed by atoms with E-state index < -0.39 is 0 Å².